The average Bonchev–Trinajstić information content (AvgIpc) is 2.37. The molecular formula is C15H17ClN2O2. The summed E-state index contributed by atoms with van der Waals surface area (Å²) in [6.07, 6.45) is 1.72. The topological polar surface area (TPSA) is 62.2 Å². The third-order valence-electron chi connectivity index (χ3n) is 3.19. The molecule has 0 spiro atoms. The molecule has 0 fully saturated rings. The van der Waals surface area contributed by atoms with Crippen molar-refractivity contribution in [1.82, 2.24) is 10.3 Å². The van der Waals surface area contributed by atoms with Crippen LogP contribution in [0.4, 0.5) is 0 Å². The number of carbonyl (C=O) groups is 1. The van der Waals surface area contributed by atoms with Crippen molar-refractivity contribution in [3.05, 3.63) is 41.0 Å². The number of hydrogen-bond donors (Lipinski definition) is 2. The third kappa shape index (κ3) is 3.26. The maximum absolute atomic E-state index is 11.2. The summed E-state index contributed by atoms with van der Waals surface area (Å²) < 4.78 is 0. The van der Waals surface area contributed by atoms with Crippen LogP contribution in [0.1, 0.15) is 19.4 Å². The Labute approximate surface area is 122 Å². The van der Waals surface area contributed by atoms with E-state index in [-0.39, 0.29) is 5.92 Å². The molecule has 1 heterocycles. The number of carboxylic acids is 1. The summed E-state index contributed by atoms with van der Waals surface area (Å²) in [5, 5.41) is 13.8. The second-order valence-electron chi connectivity index (χ2n) is 5.08. The Balaban J connectivity index is 2.27. The maximum Gasteiger partial charge on any atom is 0.320 e. The van der Waals surface area contributed by atoms with E-state index >= 15 is 0 Å². The molecule has 2 N–H and O–H groups in total. The number of hydrogen-bond acceptors (Lipinski definition) is 3. The first kappa shape index (κ1) is 14.8. The van der Waals surface area contributed by atoms with Crippen LogP contribution in [0.5, 0.6) is 0 Å². The minimum absolute atomic E-state index is 0.00547. The van der Waals surface area contributed by atoms with Crippen molar-refractivity contribution in [2.45, 2.75) is 26.4 Å². The molecule has 2 rings (SSSR count). The number of fused-ring (bicyclic) bond motifs is 1. The van der Waals surface area contributed by atoms with Crippen LogP contribution in [0.3, 0.4) is 0 Å². The van der Waals surface area contributed by atoms with E-state index in [1.165, 1.54) is 0 Å². The summed E-state index contributed by atoms with van der Waals surface area (Å²) in [6.45, 7) is 4.17. The van der Waals surface area contributed by atoms with Crippen molar-refractivity contribution < 1.29 is 9.90 Å². The second-order valence-corrected chi connectivity index (χ2v) is 5.52. The number of nitrogens with zero attached hydrogens (tertiary/aromatic N) is 1. The van der Waals surface area contributed by atoms with Gasteiger partial charge in [-0.05, 0) is 29.7 Å². The number of rotatable bonds is 5. The highest BCUT2D eigenvalue weighted by Crippen LogP contribution is 2.22. The Morgan fingerprint density at radius 1 is 1.45 bits per heavy atom. The first-order valence-corrected chi connectivity index (χ1v) is 6.86. The van der Waals surface area contributed by atoms with E-state index in [0.717, 1.165) is 16.5 Å². The highest BCUT2D eigenvalue weighted by atomic mass is 35.5. The van der Waals surface area contributed by atoms with Crippen LogP contribution in [-0.2, 0) is 11.3 Å². The minimum atomic E-state index is -0.848. The van der Waals surface area contributed by atoms with Crippen molar-refractivity contribution >= 4 is 28.5 Å². The first-order valence-electron chi connectivity index (χ1n) is 6.48. The van der Waals surface area contributed by atoms with Crippen molar-refractivity contribution in [2.24, 2.45) is 5.92 Å². The molecule has 1 atom stereocenters. The van der Waals surface area contributed by atoms with Gasteiger partial charge in [0.2, 0.25) is 0 Å². The summed E-state index contributed by atoms with van der Waals surface area (Å²) in [5.41, 5.74) is 1.75. The van der Waals surface area contributed by atoms with Gasteiger partial charge in [0.1, 0.15) is 6.04 Å². The molecule has 1 aromatic heterocycles. The monoisotopic (exact) mass is 292 g/mol. The van der Waals surface area contributed by atoms with Crippen molar-refractivity contribution in [1.29, 1.82) is 0 Å². The fraction of sp³-hybridized carbons (Fsp3) is 0.333. The van der Waals surface area contributed by atoms with Gasteiger partial charge in [0, 0.05) is 23.2 Å². The number of benzene rings is 1. The van der Waals surface area contributed by atoms with E-state index in [9.17, 15) is 9.90 Å². The van der Waals surface area contributed by atoms with E-state index < -0.39 is 12.0 Å². The molecule has 106 valence electrons. The molecule has 2 aromatic rings. The first-order chi connectivity index (χ1) is 9.49. The number of pyridine rings is 1. The SMILES string of the molecule is CC(C)[C@@H](NCc1cc(Cl)cc2cccnc12)C(=O)O. The van der Waals surface area contributed by atoms with E-state index in [1.54, 1.807) is 6.20 Å². The highest BCUT2D eigenvalue weighted by molar-refractivity contribution is 6.31. The van der Waals surface area contributed by atoms with Crippen LogP contribution in [0, 0.1) is 5.92 Å². The molecule has 0 amide bonds. The molecule has 4 nitrogen and oxygen atoms in total. The van der Waals surface area contributed by atoms with Crippen LogP contribution in [0.25, 0.3) is 10.9 Å². The lowest BCUT2D eigenvalue weighted by Crippen LogP contribution is -2.40. The Hall–Kier alpha value is -1.65. The average molecular weight is 293 g/mol. The molecule has 0 radical (unpaired) electrons. The molecule has 0 unspecified atom stereocenters. The van der Waals surface area contributed by atoms with Gasteiger partial charge in [0.15, 0.2) is 0 Å². The molecule has 1 aromatic carbocycles. The maximum atomic E-state index is 11.2. The zero-order chi connectivity index (χ0) is 14.7. The summed E-state index contributed by atoms with van der Waals surface area (Å²) in [6, 6.07) is 6.87. The van der Waals surface area contributed by atoms with E-state index in [0.29, 0.717) is 11.6 Å². The van der Waals surface area contributed by atoms with Gasteiger partial charge >= 0.3 is 5.97 Å². The second kappa shape index (κ2) is 6.20. The van der Waals surface area contributed by atoms with Gasteiger partial charge in [-0.3, -0.25) is 9.78 Å². The molecule has 0 bridgehead atoms. The quantitative estimate of drug-likeness (QED) is 0.889. The van der Waals surface area contributed by atoms with Gasteiger partial charge in [-0.2, -0.15) is 0 Å². The predicted octanol–water partition coefficient (Wildman–Crippen LogP) is 3.09. The summed E-state index contributed by atoms with van der Waals surface area (Å²) >= 11 is 6.09. The zero-order valence-corrected chi connectivity index (χ0v) is 12.2. The van der Waals surface area contributed by atoms with Crippen LogP contribution in [0.2, 0.25) is 5.02 Å². The molecule has 0 saturated heterocycles. The molecule has 0 aliphatic carbocycles. The van der Waals surface area contributed by atoms with Crippen LogP contribution in [-0.4, -0.2) is 22.1 Å². The van der Waals surface area contributed by atoms with Crippen LogP contribution in [0.15, 0.2) is 30.5 Å². The molecule has 5 heteroatoms. The molecule has 0 aliphatic rings. The fourth-order valence-electron chi connectivity index (χ4n) is 2.19. The van der Waals surface area contributed by atoms with Gasteiger partial charge in [0.05, 0.1) is 5.52 Å². The van der Waals surface area contributed by atoms with Gasteiger partial charge in [-0.25, -0.2) is 0 Å². The lowest BCUT2D eigenvalue weighted by molar-refractivity contribution is -0.140. The summed E-state index contributed by atoms with van der Waals surface area (Å²) in [4.78, 5) is 15.5. The minimum Gasteiger partial charge on any atom is -0.480 e. The van der Waals surface area contributed by atoms with Crippen molar-refractivity contribution in [3.63, 3.8) is 0 Å². The van der Waals surface area contributed by atoms with Gasteiger partial charge in [-0.15, -0.1) is 0 Å². The Morgan fingerprint density at radius 3 is 2.85 bits per heavy atom. The third-order valence-corrected chi connectivity index (χ3v) is 3.41. The standard InChI is InChI=1S/C15H17ClN2O2/c1-9(2)13(15(19)20)18-8-11-7-12(16)6-10-4-3-5-17-14(10)11/h3-7,9,13,18H,8H2,1-2H3,(H,19,20)/t13-/m1/s1. The lowest BCUT2D eigenvalue weighted by atomic mass is 10.0. The largest absolute Gasteiger partial charge is 0.480 e. The normalized spacial score (nSPS) is 12.8. The molecule has 0 saturated carbocycles. The lowest BCUT2D eigenvalue weighted by Gasteiger charge is -2.18. The van der Waals surface area contributed by atoms with Crippen molar-refractivity contribution in [2.75, 3.05) is 0 Å². The van der Waals surface area contributed by atoms with E-state index in [1.807, 2.05) is 38.1 Å². The van der Waals surface area contributed by atoms with Gasteiger partial charge < -0.3 is 10.4 Å². The van der Waals surface area contributed by atoms with E-state index in [4.69, 9.17) is 11.6 Å². The van der Waals surface area contributed by atoms with E-state index in [2.05, 4.69) is 10.3 Å². The Kier molecular flexibility index (Phi) is 4.57. The van der Waals surface area contributed by atoms with Crippen molar-refractivity contribution in [3.8, 4) is 0 Å². The Morgan fingerprint density at radius 2 is 2.20 bits per heavy atom. The van der Waals surface area contributed by atoms with Gasteiger partial charge in [0.25, 0.3) is 0 Å². The smallest absolute Gasteiger partial charge is 0.320 e. The molecular weight excluding hydrogens is 276 g/mol. The fourth-order valence-corrected chi connectivity index (χ4v) is 2.44. The number of aliphatic carboxylic acids is 1. The molecule has 20 heavy (non-hydrogen) atoms. The van der Waals surface area contributed by atoms with Gasteiger partial charge in [-0.1, -0.05) is 31.5 Å². The summed E-state index contributed by atoms with van der Waals surface area (Å²) in [7, 11) is 0. The highest BCUT2D eigenvalue weighted by Gasteiger charge is 2.20. The number of aromatic nitrogens is 1. The number of carboxylic acid groups (broad SMARTS) is 1. The summed E-state index contributed by atoms with van der Waals surface area (Å²) in [5.74, 6) is -0.842. The predicted molar refractivity (Wildman–Crippen MR) is 79.9 cm³/mol. The van der Waals surface area contributed by atoms with Crippen LogP contribution >= 0.6 is 11.6 Å². The zero-order valence-electron chi connectivity index (χ0n) is 11.4. The number of halogens is 1. The number of nitrogens with one attached hydrogen (secondary N) is 1. The Bertz CT molecular complexity index is 628. The van der Waals surface area contributed by atoms with Crippen LogP contribution < -0.4 is 5.32 Å². The molecule has 0 aliphatic heterocycles.